The number of hydrogen-bond donors (Lipinski definition) is 0. The van der Waals surface area contributed by atoms with E-state index >= 15 is 0 Å². The third-order valence-corrected chi connectivity index (χ3v) is 7.45. The third kappa shape index (κ3) is 4.54. The van der Waals surface area contributed by atoms with E-state index < -0.39 is 0 Å². The van der Waals surface area contributed by atoms with Crippen LogP contribution in [0.5, 0.6) is 5.75 Å². The van der Waals surface area contributed by atoms with Crippen LogP contribution in [0.25, 0.3) is 17.0 Å². The van der Waals surface area contributed by atoms with Crippen LogP contribution in [0.1, 0.15) is 18.1 Å². The van der Waals surface area contributed by atoms with Gasteiger partial charge in [-0.25, -0.2) is 0 Å². The lowest BCUT2D eigenvalue weighted by molar-refractivity contribution is -0.114. The maximum atomic E-state index is 13.6. The summed E-state index contributed by atoms with van der Waals surface area (Å²) in [7, 11) is 1.82. The monoisotopic (exact) mass is 579 g/mol. The number of halogens is 2. The summed E-state index contributed by atoms with van der Waals surface area (Å²) in [6.45, 7) is 3.13. The summed E-state index contributed by atoms with van der Waals surface area (Å²) in [4.78, 5) is 16.9. The number of carbonyl (C=O) groups excluding carboxylic acids is 1. The van der Waals surface area contributed by atoms with Crippen molar-refractivity contribution in [1.29, 1.82) is 0 Å². The van der Waals surface area contributed by atoms with Gasteiger partial charge in [-0.3, -0.25) is 9.69 Å². The summed E-state index contributed by atoms with van der Waals surface area (Å²) >= 11 is 15.7. The normalized spacial score (nSPS) is 14.9. The van der Waals surface area contributed by atoms with Gasteiger partial charge in [0.15, 0.2) is 5.11 Å². The number of amides is 1. The van der Waals surface area contributed by atoms with Gasteiger partial charge in [-0.05, 0) is 79.3 Å². The SMILES string of the molecule is CCOc1ccc(N2C(=O)/C(=C/c3cn(Cc4ccccc4Cl)c4ccc(Br)cc34)N(C)C2=S)cc1. The molecule has 1 aliphatic rings. The van der Waals surface area contributed by atoms with Gasteiger partial charge in [0.2, 0.25) is 0 Å². The molecule has 1 aromatic heterocycles. The van der Waals surface area contributed by atoms with Crippen LogP contribution in [0.3, 0.4) is 0 Å². The van der Waals surface area contributed by atoms with Crippen LogP contribution in [0.2, 0.25) is 5.02 Å². The number of carbonyl (C=O) groups is 1. The van der Waals surface area contributed by atoms with Crippen molar-refractivity contribution in [2.45, 2.75) is 13.5 Å². The predicted molar refractivity (Wildman–Crippen MR) is 154 cm³/mol. The molecular formula is C28H23BrClN3O2S. The molecule has 0 atom stereocenters. The average Bonchev–Trinajstić information content (AvgIpc) is 3.30. The van der Waals surface area contributed by atoms with Crippen LogP contribution in [0.4, 0.5) is 5.69 Å². The molecule has 0 unspecified atom stereocenters. The van der Waals surface area contributed by atoms with Gasteiger partial charge in [0, 0.05) is 45.8 Å². The summed E-state index contributed by atoms with van der Waals surface area (Å²) in [5, 5.41) is 2.17. The van der Waals surface area contributed by atoms with E-state index in [1.54, 1.807) is 9.80 Å². The van der Waals surface area contributed by atoms with Gasteiger partial charge < -0.3 is 14.2 Å². The van der Waals surface area contributed by atoms with E-state index in [9.17, 15) is 4.79 Å². The highest BCUT2D eigenvalue weighted by Gasteiger charge is 2.37. The van der Waals surface area contributed by atoms with Gasteiger partial charge in [-0.2, -0.15) is 0 Å². The van der Waals surface area contributed by atoms with Crippen LogP contribution in [0.15, 0.2) is 83.1 Å². The predicted octanol–water partition coefficient (Wildman–Crippen LogP) is 7.11. The minimum absolute atomic E-state index is 0.173. The molecule has 0 saturated carbocycles. The van der Waals surface area contributed by atoms with Crippen molar-refractivity contribution in [1.82, 2.24) is 9.47 Å². The number of aromatic nitrogens is 1. The number of ether oxygens (including phenoxy) is 1. The van der Waals surface area contributed by atoms with Crippen molar-refractivity contribution in [3.8, 4) is 5.75 Å². The van der Waals surface area contributed by atoms with E-state index in [0.717, 1.165) is 37.3 Å². The largest absolute Gasteiger partial charge is 0.494 e. The third-order valence-electron chi connectivity index (χ3n) is 6.13. The van der Waals surface area contributed by atoms with E-state index in [-0.39, 0.29) is 5.91 Å². The molecule has 0 radical (unpaired) electrons. The molecule has 0 spiro atoms. The molecule has 0 aliphatic carbocycles. The van der Waals surface area contributed by atoms with Crippen LogP contribution in [-0.4, -0.2) is 34.1 Å². The Morgan fingerprint density at radius 2 is 1.83 bits per heavy atom. The second-order valence-electron chi connectivity index (χ2n) is 8.40. The van der Waals surface area contributed by atoms with Crippen molar-refractivity contribution in [3.05, 3.63) is 99.2 Å². The standard InChI is InChI=1S/C28H23BrClN3O2S/c1-3-35-22-11-9-21(10-12-22)33-27(34)26(31(2)28(33)36)14-19-17-32(16-18-6-4-5-7-24(18)30)25-13-8-20(29)15-23(19)25/h4-15,17H,3,16H2,1-2H3/b26-14-. The van der Waals surface area contributed by atoms with Crippen LogP contribution in [-0.2, 0) is 11.3 Å². The number of nitrogens with zero attached hydrogens (tertiary/aromatic N) is 3. The van der Waals surface area contributed by atoms with Crippen LogP contribution >= 0.6 is 39.7 Å². The lowest BCUT2D eigenvalue weighted by Gasteiger charge is -2.16. The smallest absolute Gasteiger partial charge is 0.281 e. The van der Waals surface area contributed by atoms with Crippen molar-refractivity contribution in [2.24, 2.45) is 0 Å². The Hall–Kier alpha value is -3.13. The van der Waals surface area contributed by atoms with Gasteiger partial charge in [-0.15, -0.1) is 0 Å². The van der Waals surface area contributed by atoms with Crippen LogP contribution in [0, 0.1) is 0 Å². The average molecular weight is 581 g/mol. The molecule has 5 rings (SSSR count). The van der Waals surface area contributed by atoms with Gasteiger partial charge in [0.1, 0.15) is 11.4 Å². The quantitative estimate of drug-likeness (QED) is 0.180. The fourth-order valence-corrected chi connectivity index (χ4v) is 5.19. The summed E-state index contributed by atoms with van der Waals surface area (Å²) in [6.07, 6.45) is 3.96. The molecule has 182 valence electrons. The Balaban J connectivity index is 1.54. The molecule has 3 aromatic carbocycles. The summed E-state index contributed by atoms with van der Waals surface area (Å²) in [6, 6.07) is 21.3. The molecule has 4 aromatic rings. The van der Waals surface area contributed by atoms with Crippen molar-refractivity contribution < 1.29 is 9.53 Å². The van der Waals surface area contributed by atoms with Crippen molar-refractivity contribution in [2.75, 3.05) is 18.6 Å². The maximum Gasteiger partial charge on any atom is 0.281 e. The lowest BCUT2D eigenvalue weighted by atomic mass is 10.1. The Labute approximate surface area is 228 Å². The highest BCUT2D eigenvalue weighted by molar-refractivity contribution is 9.10. The second-order valence-corrected chi connectivity index (χ2v) is 10.1. The highest BCUT2D eigenvalue weighted by Crippen LogP contribution is 2.33. The topological polar surface area (TPSA) is 37.7 Å². The van der Waals surface area contributed by atoms with E-state index in [0.29, 0.717) is 29.6 Å². The number of fused-ring (bicyclic) bond motifs is 1. The number of rotatable bonds is 6. The molecule has 36 heavy (non-hydrogen) atoms. The molecule has 5 nitrogen and oxygen atoms in total. The van der Waals surface area contributed by atoms with E-state index in [1.165, 1.54) is 0 Å². The zero-order valence-corrected chi connectivity index (χ0v) is 22.9. The first-order chi connectivity index (χ1) is 17.4. The Morgan fingerprint density at radius 1 is 1.08 bits per heavy atom. The molecule has 1 saturated heterocycles. The first-order valence-electron chi connectivity index (χ1n) is 11.5. The van der Waals surface area contributed by atoms with E-state index in [1.807, 2.05) is 74.6 Å². The van der Waals surface area contributed by atoms with Crippen molar-refractivity contribution >= 4 is 73.4 Å². The number of likely N-dealkylation sites (N-methyl/N-ethyl adjacent to an activating group) is 1. The fourth-order valence-electron chi connectivity index (χ4n) is 4.34. The fraction of sp³-hybridized carbons (Fsp3) is 0.143. The summed E-state index contributed by atoms with van der Waals surface area (Å²) in [5.74, 6) is 0.577. The minimum atomic E-state index is -0.173. The first-order valence-corrected chi connectivity index (χ1v) is 13.0. The van der Waals surface area contributed by atoms with Gasteiger partial charge in [-0.1, -0.05) is 45.7 Å². The zero-order chi connectivity index (χ0) is 25.4. The Morgan fingerprint density at radius 3 is 2.56 bits per heavy atom. The second kappa shape index (κ2) is 10.1. The Bertz CT molecular complexity index is 1510. The maximum absolute atomic E-state index is 13.6. The molecule has 0 N–H and O–H groups in total. The van der Waals surface area contributed by atoms with Gasteiger partial charge >= 0.3 is 0 Å². The molecule has 1 aliphatic heterocycles. The van der Waals surface area contributed by atoms with Gasteiger partial charge in [0.05, 0.1) is 12.3 Å². The molecule has 0 bridgehead atoms. The summed E-state index contributed by atoms with van der Waals surface area (Å²) in [5.41, 5.74) is 4.20. The molecule has 1 fully saturated rings. The Kier molecular flexibility index (Phi) is 6.88. The molecule has 1 amide bonds. The first kappa shape index (κ1) is 24.6. The van der Waals surface area contributed by atoms with E-state index in [4.69, 9.17) is 28.6 Å². The van der Waals surface area contributed by atoms with Crippen molar-refractivity contribution in [3.63, 3.8) is 0 Å². The lowest BCUT2D eigenvalue weighted by Crippen LogP contribution is -2.31. The number of benzene rings is 3. The minimum Gasteiger partial charge on any atom is -0.494 e. The number of anilines is 1. The zero-order valence-electron chi connectivity index (χ0n) is 19.7. The number of hydrogen-bond acceptors (Lipinski definition) is 3. The summed E-state index contributed by atoms with van der Waals surface area (Å²) < 4.78 is 8.64. The highest BCUT2D eigenvalue weighted by atomic mass is 79.9. The molecule has 8 heteroatoms. The molecular weight excluding hydrogens is 558 g/mol. The van der Waals surface area contributed by atoms with E-state index in [2.05, 4.69) is 38.8 Å². The van der Waals surface area contributed by atoms with Gasteiger partial charge in [0.25, 0.3) is 5.91 Å². The number of thiocarbonyl (C=S) groups is 1. The molecule has 2 heterocycles. The van der Waals surface area contributed by atoms with Crippen LogP contribution < -0.4 is 9.64 Å².